The predicted molar refractivity (Wildman–Crippen MR) is 82.1 cm³/mol. The lowest BCUT2D eigenvalue weighted by Gasteiger charge is -2.11. The van der Waals surface area contributed by atoms with Gasteiger partial charge in [0.15, 0.2) is 11.6 Å². The number of benzene rings is 2. The molecule has 3 aromatic rings. The molecular formula is C17H13F2N3O. The summed E-state index contributed by atoms with van der Waals surface area (Å²) in [6.45, 7) is 0.487. The van der Waals surface area contributed by atoms with Crippen LogP contribution in [-0.2, 0) is 6.54 Å². The lowest BCUT2D eigenvalue weighted by atomic mass is 10.1. The number of carbonyl (C=O) groups is 1. The third-order valence-electron chi connectivity index (χ3n) is 3.34. The highest BCUT2D eigenvalue weighted by atomic mass is 19.2. The van der Waals surface area contributed by atoms with Crippen LogP contribution in [0.25, 0.3) is 0 Å². The number of anilines is 1. The number of aromatic nitrogens is 2. The van der Waals surface area contributed by atoms with Crippen molar-refractivity contribution in [1.82, 2.24) is 9.78 Å². The van der Waals surface area contributed by atoms with Gasteiger partial charge in [0.1, 0.15) is 0 Å². The Morgan fingerprint density at radius 1 is 1.09 bits per heavy atom. The third kappa shape index (κ3) is 3.42. The average Bonchev–Trinajstić information content (AvgIpc) is 3.05. The van der Waals surface area contributed by atoms with Crippen molar-refractivity contribution >= 4 is 11.6 Å². The van der Waals surface area contributed by atoms with E-state index in [1.165, 1.54) is 6.07 Å². The molecule has 0 aliphatic heterocycles. The molecule has 1 aromatic heterocycles. The lowest BCUT2D eigenvalue weighted by Crippen LogP contribution is -2.14. The van der Waals surface area contributed by atoms with E-state index in [4.69, 9.17) is 0 Å². The summed E-state index contributed by atoms with van der Waals surface area (Å²) in [5.41, 5.74) is 1.50. The van der Waals surface area contributed by atoms with E-state index in [1.54, 1.807) is 23.0 Å². The molecule has 0 saturated heterocycles. The van der Waals surface area contributed by atoms with E-state index in [0.29, 0.717) is 12.2 Å². The number of nitrogens with one attached hydrogen (secondary N) is 1. The Kier molecular flexibility index (Phi) is 4.14. The summed E-state index contributed by atoms with van der Waals surface area (Å²) >= 11 is 0. The van der Waals surface area contributed by atoms with Crippen molar-refractivity contribution in [1.29, 1.82) is 0 Å². The quantitative estimate of drug-likeness (QED) is 0.802. The summed E-state index contributed by atoms with van der Waals surface area (Å²) in [7, 11) is 0. The van der Waals surface area contributed by atoms with Gasteiger partial charge in [0.25, 0.3) is 5.91 Å². The van der Waals surface area contributed by atoms with Gasteiger partial charge >= 0.3 is 0 Å². The lowest BCUT2D eigenvalue weighted by molar-refractivity contribution is 0.102. The van der Waals surface area contributed by atoms with Gasteiger partial charge in [0, 0.05) is 23.6 Å². The van der Waals surface area contributed by atoms with Gasteiger partial charge in [0.2, 0.25) is 0 Å². The van der Waals surface area contributed by atoms with Gasteiger partial charge in [-0.15, -0.1) is 0 Å². The number of halogens is 2. The smallest absolute Gasteiger partial charge is 0.255 e. The first-order valence-corrected chi connectivity index (χ1v) is 6.95. The monoisotopic (exact) mass is 313 g/mol. The number of rotatable bonds is 4. The van der Waals surface area contributed by atoms with Crippen molar-refractivity contribution in [2.45, 2.75) is 6.54 Å². The van der Waals surface area contributed by atoms with E-state index in [9.17, 15) is 13.6 Å². The summed E-state index contributed by atoms with van der Waals surface area (Å²) < 4.78 is 27.9. The number of hydrogen-bond acceptors (Lipinski definition) is 2. The maximum Gasteiger partial charge on any atom is 0.255 e. The summed E-state index contributed by atoms with van der Waals surface area (Å²) in [5, 5.41) is 6.84. The molecule has 1 N–H and O–H groups in total. The van der Waals surface area contributed by atoms with Gasteiger partial charge in [-0.25, -0.2) is 8.78 Å². The first-order valence-electron chi connectivity index (χ1n) is 6.95. The van der Waals surface area contributed by atoms with Crippen LogP contribution in [0.15, 0.2) is 60.9 Å². The van der Waals surface area contributed by atoms with E-state index >= 15 is 0 Å². The van der Waals surface area contributed by atoms with Gasteiger partial charge in [-0.05, 0) is 35.9 Å². The number of para-hydroxylation sites is 1. The van der Waals surface area contributed by atoms with Crippen LogP contribution < -0.4 is 5.32 Å². The molecule has 1 heterocycles. The molecular weight excluding hydrogens is 300 g/mol. The van der Waals surface area contributed by atoms with Crippen molar-refractivity contribution in [2.75, 3.05) is 5.32 Å². The molecule has 0 unspecified atom stereocenters. The van der Waals surface area contributed by atoms with Gasteiger partial charge in [-0.3, -0.25) is 9.48 Å². The molecule has 0 atom stereocenters. The Morgan fingerprint density at radius 3 is 2.65 bits per heavy atom. The van der Waals surface area contributed by atoms with Crippen LogP contribution in [0.5, 0.6) is 0 Å². The molecule has 0 spiro atoms. The van der Waals surface area contributed by atoms with Crippen LogP contribution in [0, 0.1) is 11.6 Å². The molecule has 4 nitrogen and oxygen atoms in total. The van der Waals surface area contributed by atoms with Crippen molar-refractivity contribution in [3.05, 3.63) is 83.7 Å². The standard InChI is InChI=1S/C17H13F2N3O/c18-14-7-6-12(10-15(14)19)17(23)21-16-5-2-1-4-13(16)11-22-9-3-8-20-22/h1-10H,11H2,(H,21,23). The molecule has 0 aliphatic carbocycles. The normalized spacial score (nSPS) is 10.5. The first kappa shape index (κ1) is 14.9. The van der Waals surface area contributed by atoms with Crippen molar-refractivity contribution in [3.63, 3.8) is 0 Å². The van der Waals surface area contributed by atoms with Crippen LogP contribution >= 0.6 is 0 Å². The van der Waals surface area contributed by atoms with Crippen molar-refractivity contribution in [3.8, 4) is 0 Å². The number of carbonyl (C=O) groups excluding carboxylic acids is 1. The van der Waals surface area contributed by atoms with E-state index < -0.39 is 17.5 Å². The number of hydrogen-bond donors (Lipinski definition) is 1. The highest BCUT2D eigenvalue weighted by Crippen LogP contribution is 2.18. The third-order valence-corrected chi connectivity index (χ3v) is 3.34. The average molecular weight is 313 g/mol. The number of amides is 1. The second kappa shape index (κ2) is 6.39. The predicted octanol–water partition coefficient (Wildman–Crippen LogP) is 3.46. The maximum absolute atomic E-state index is 13.2. The van der Waals surface area contributed by atoms with Crippen LogP contribution in [-0.4, -0.2) is 15.7 Å². The molecule has 2 aromatic carbocycles. The molecule has 0 radical (unpaired) electrons. The largest absolute Gasteiger partial charge is 0.322 e. The molecule has 3 rings (SSSR count). The minimum Gasteiger partial charge on any atom is -0.322 e. The topological polar surface area (TPSA) is 46.9 Å². The second-order valence-corrected chi connectivity index (χ2v) is 4.94. The second-order valence-electron chi connectivity index (χ2n) is 4.94. The van der Waals surface area contributed by atoms with Crippen LogP contribution in [0.2, 0.25) is 0 Å². The Morgan fingerprint density at radius 2 is 1.91 bits per heavy atom. The van der Waals surface area contributed by atoms with Gasteiger partial charge in [-0.2, -0.15) is 5.10 Å². The molecule has 0 saturated carbocycles. The fourth-order valence-corrected chi connectivity index (χ4v) is 2.18. The highest BCUT2D eigenvalue weighted by Gasteiger charge is 2.12. The van der Waals surface area contributed by atoms with E-state index in [-0.39, 0.29) is 5.56 Å². The Labute approximate surface area is 131 Å². The minimum atomic E-state index is -1.05. The molecule has 116 valence electrons. The van der Waals surface area contributed by atoms with Gasteiger partial charge in [-0.1, -0.05) is 18.2 Å². The fraction of sp³-hybridized carbons (Fsp3) is 0.0588. The van der Waals surface area contributed by atoms with Crippen molar-refractivity contribution in [2.24, 2.45) is 0 Å². The fourth-order valence-electron chi connectivity index (χ4n) is 2.18. The Balaban J connectivity index is 1.82. The molecule has 0 bridgehead atoms. The van der Waals surface area contributed by atoms with E-state index in [1.807, 2.05) is 24.4 Å². The Bertz CT molecular complexity index is 832. The van der Waals surface area contributed by atoms with Crippen LogP contribution in [0.3, 0.4) is 0 Å². The molecule has 0 aliphatic rings. The summed E-state index contributed by atoms with van der Waals surface area (Å²) in [6.07, 6.45) is 3.48. The van der Waals surface area contributed by atoms with Crippen LogP contribution in [0.4, 0.5) is 14.5 Å². The van der Waals surface area contributed by atoms with Gasteiger partial charge in [0.05, 0.1) is 6.54 Å². The molecule has 23 heavy (non-hydrogen) atoms. The van der Waals surface area contributed by atoms with Crippen molar-refractivity contribution < 1.29 is 13.6 Å². The zero-order valence-corrected chi connectivity index (χ0v) is 12.0. The maximum atomic E-state index is 13.2. The zero-order valence-electron chi connectivity index (χ0n) is 12.0. The summed E-state index contributed by atoms with van der Waals surface area (Å²) in [5.74, 6) is -2.54. The SMILES string of the molecule is O=C(Nc1ccccc1Cn1cccn1)c1ccc(F)c(F)c1. The van der Waals surface area contributed by atoms with Crippen LogP contribution in [0.1, 0.15) is 15.9 Å². The molecule has 6 heteroatoms. The number of nitrogens with zero attached hydrogens (tertiary/aromatic N) is 2. The summed E-state index contributed by atoms with van der Waals surface area (Å²) in [4.78, 5) is 12.2. The molecule has 0 fully saturated rings. The first-order chi connectivity index (χ1) is 11.1. The summed E-state index contributed by atoms with van der Waals surface area (Å²) in [6, 6.07) is 12.1. The molecule has 1 amide bonds. The zero-order chi connectivity index (χ0) is 16.2. The minimum absolute atomic E-state index is 0.0535. The van der Waals surface area contributed by atoms with Gasteiger partial charge < -0.3 is 5.32 Å². The Hall–Kier alpha value is -3.02. The highest BCUT2D eigenvalue weighted by molar-refractivity contribution is 6.04. The van der Waals surface area contributed by atoms with E-state index in [2.05, 4.69) is 10.4 Å². The van der Waals surface area contributed by atoms with E-state index in [0.717, 1.165) is 17.7 Å².